The second-order valence-corrected chi connectivity index (χ2v) is 5.50. The topological polar surface area (TPSA) is 64.3 Å². The monoisotopic (exact) mass is 336 g/mol. The van der Waals surface area contributed by atoms with Crippen LogP contribution in [0.15, 0.2) is 40.9 Å². The van der Waals surface area contributed by atoms with E-state index in [-0.39, 0.29) is 0 Å². The second-order valence-electron chi connectivity index (χ2n) is 4.59. The maximum Gasteiger partial charge on any atom is 0.323 e. The van der Waals surface area contributed by atoms with E-state index in [9.17, 15) is 4.79 Å². The van der Waals surface area contributed by atoms with Crippen molar-refractivity contribution in [1.29, 1.82) is 0 Å². The average molecular weight is 337 g/mol. The fraction of sp³-hybridized carbons (Fsp3) is 0.267. The molecule has 0 heterocycles. The van der Waals surface area contributed by atoms with Crippen molar-refractivity contribution in [2.24, 2.45) is 5.73 Å². The van der Waals surface area contributed by atoms with E-state index >= 15 is 0 Å². The molecule has 0 spiro atoms. The van der Waals surface area contributed by atoms with Gasteiger partial charge in [0.2, 0.25) is 0 Å². The number of nitrogens with one attached hydrogen (secondary N) is 1. The maximum absolute atomic E-state index is 11.2. The molecule has 0 bridgehead atoms. The van der Waals surface area contributed by atoms with E-state index in [4.69, 9.17) is 5.73 Å². The summed E-state index contributed by atoms with van der Waals surface area (Å²) >= 11 is 3.46. The number of esters is 1. The zero-order valence-corrected chi connectivity index (χ0v) is 12.8. The molecule has 0 amide bonds. The van der Waals surface area contributed by atoms with Gasteiger partial charge in [-0.3, -0.25) is 4.79 Å². The van der Waals surface area contributed by atoms with Crippen LogP contribution in [-0.4, -0.2) is 25.7 Å². The highest BCUT2D eigenvalue weighted by molar-refractivity contribution is 9.10. The van der Waals surface area contributed by atoms with Crippen LogP contribution in [0.25, 0.3) is 10.8 Å². The molecule has 20 heavy (non-hydrogen) atoms. The first-order chi connectivity index (χ1) is 9.60. The molecule has 0 saturated carbocycles. The number of halogens is 1. The summed E-state index contributed by atoms with van der Waals surface area (Å²) < 4.78 is 5.64. The van der Waals surface area contributed by atoms with E-state index in [1.807, 2.05) is 6.07 Å². The largest absolute Gasteiger partial charge is 0.468 e. The number of fused-ring (bicyclic) bond motifs is 1. The van der Waals surface area contributed by atoms with E-state index in [1.54, 1.807) is 0 Å². The lowest BCUT2D eigenvalue weighted by Gasteiger charge is -2.11. The van der Waals surface area contributed by atoms with Crippen molar-refractivity contribution >= 4 is 32.7 Å². The molecule has 1 unspecified atom stereocenters. The molecule has 3 N–H and O–H groups in total. The van der Waals surface area contributed by atoms with Crippen LogP contribution in [0.4, 0.5) is 0 Å². The number of nitrogens with two attached hydrogens (primary N) is 1. The summed E-state index contributed by atoms with van der Waals surface area (Å²) in [5, 5.41) is 5.53. The number of hydrogen-bond acceptors (Lipinski definition) is 4. The molecule has 1 atom stereocenters. The Kier molecular flexibility index (Phi) is 5.11. The third-order valence-electron chi connectivity index (χ3n) is 3.06. The number of rotatable bonds is 5. The highest BCUT2D eigenvalue weighted by Gasteiger charge is 2.12. The first-order valence-corrected chi connectivity index (χ1v) is 7.12. The van der Waals surface area contributed by atoms with E-state index in [0.717, 1.165) is 10.0 Å². The van der Waals surface area contributed by atoms with E-state index in [2.05, 4.69) is 56.3 Å². The van der Waals surface area contributed by atoms with Gasteiger partial charge in [0.1, 0.15) is 6.04 Å². The Balaban J connectivity index is 1.97. The summed E-state index contributed by atoms with van der Waals surface area (Å²) in [6.45, 7) is 1.06. The molecule has 106 valence electrons. The Labute approximate surface area is 126 Å². The van der Waals surface area contributed by atoms with Crippen molar-refractivity contribution in [2.45, 2.75) is 12.6 Å². The van der Waals surface area contributed by atoms with Gasteiger partial charge in [-0.25, -0.2) is 0 Å². The Hall–Kier alpha value is -1.43. The lowest BCUT2D eigenvalue weighted by molar-refractivity contribution is -0.142. The third kappa shape index (κ3) is 3.79. The highest BCUT2D eigenvalue weighted by atomic mass is 79.9. The molecule has 0 aliphatic rings. The first kappa shape index (κ1) is 15.0. The normalized spacial score (nSPS) is 12.3. The minimum Gasteiger partial charge on any atom is -0.468 e. The SMILES string of the molecule is COC(=O)C(N)CNCc1ccc2cc(Br)ccc2c1. The number of ether oxygens (including phenoxy) is 1. The van der Waals surface area contributed by atoms with Crippen molar-refractivity contribution in [3.8, 4) is 0 Å². The molecule has 0 radical (unpaired) electrons. The Morgan fingerprint density at radius 2 is 2.00 bits per heavy atom. The first-order valence-electron chi connectivity index (χ1n) is 6.32. The lowest BCUT2D eigenvalue weighted by atomic mass is 10.1. The quantitative estimate of drug-likeness (QED) is 0.821. The summed E-state index contributed by atoms with van der Waals surface area (Å²) in [5.41, 5.74) is 6.81. The van der Waals surface area contributed by atoms with Crippen LogP contribution in [0.2, 0.25) is 0 Å². The van der Waals surface area contributed by atoms with Crippen molar-refractivity contribution in [1.82, 2.24) is 5.32 Å². The minimum absolute atomic E-state index is 0.394. The van der Waals surface area contributed by atoms with Gasteiger partial charge < -0.3 is 15.8 Å². The van der Waals surface area contributed by atoms with Gasteiger partial charge in [-0.05, 0) is 34.5 Å². The molecular formula is C15H17BrN2O2. The van der Waals surface area contributed by atoms with Gasteiger partial charge in [-0.1, -0.05) is 34.1 Å². The number of benzene rings is 2. The molecule has 4 nitrogen and oxygen atoms in total. The van der Waals surface area contributed by atoms with Crippen molar-refractivity contribution in [2.75, 3.05) is 13.7 Å². The van der Waals surface area contributed by atoms with Crippen LogP contribution < -0.4 is 11.1 Å². The number of carbonyl (C=O) groups is 1. The summed E-state index contributed by atoms with van der Waals surface area (Å²) in [6, 6.07) is 11.8. The van der Waals surface area contributed by atoms with Crippen LogP contribution in [0.1, 0.15) is 5.56 Å². The molecule has 2 aromatic rings. The van der Waals surface area contributed by atoms with Gasteiger partial charge in [0.15, 0.2) is 0 Å². The average Bonchev–Trinajstić information content (AvgIpc) is 2.46. The third-order valence-corrected chi connectivity index (χ3v) is 3.56. The molecule has 2 aromatic carbocycles. The predicted molar refractivity (Wildman–Crippen MR) is 83.3 cm³/mol. The van der Waals surface area contributed by atoms with Gasteiger partial charge in [0, 0.05) is 17.6 Å². The molecule has 5 heteroatoms. The molecule has 2 rings (SSSR count). The molecular weight excluding hydrogens is 320 g/mol. The summed E-state index contributed by atoms with van der Waals surface area (Å²) in [4.78, 5) is 11.2. The van der Waals surface area contributed by atoms with Gasteiger partial charge in [0.25, 0.3) is 0 Å². The molecule has 0 aliphatic carbocycles. The van der Waals surface area contributed by atoms with Crippen LogP contribution in [-0.2, 0) is 16.1 Å². The van der Waals surface area contributed by atoms with Crippen molar-refractivity contribution in [3.63, 3.8) is 0 Å². The zero-order chi connectivity index (χ0) is 14.5. The summed E-state index contributed by atoms with van der Waals surface area (Å²) in [7, 11) is 1.34. The second kappa shape index (κ2) is 6.83. The van der Waals surface area contributed by atoms with Gasteiger partial charge in [-0.15, -0.1) is 0 Å². The predicted octanol–water partition coefficient (Wildman–Crippen LogP) is 2.19. The van der Waals surface area contributed by atoms with Crippen LogP contribution in [0.3, 0.4) is 0 Å². The minimum atomic E-state index is -0.628. The van der Waals surface area contributed by atoms with Gasteiger partial charge >= 0.3 is 5.97 Å². The number of hydrogen-bond donors (Lipinski definition) is 2. The smallest absolute Gasteiger partial charge is 0.323 e. The number of methoxy groups -OCH3 is 1. The van der Waals surface area contributed by atoms with Crippen LogP contribution in [0.5, 0.6) is 0 Å². The van der Waals surface area contributed by atoms with Crippen molar-refractivity contribution < 1.29 is 9.53 Å². The maximum atomic E-state index is 11.2. The summed E-state index contributed by atoms with van der Waals surface area (Å²) in [5.74, 6) is -0.402. The van der Waals surface area contributed by atoms with Gasteiger partial charge in [-0.2, -0.15) is 0 Å². The Bertz CT molecular complexity index is 616. The van der Waals surface area contributed by atoms with Gasteiger partial charge in [0.05, 0.1) is 7.11 Å². The fourth-order valence-corrected chi connectivity index (χ4v) is 2.36. The fourth-order valence-electron chi connectivity index (χ4n) is 1.98. The van der Waals surface area contributed by atoms with E-state index in [1.165, 1.54) is 17.9 Å². The molecule has 0 saturated heterocycles. The van der Waals surface area contributed by atoms with Crippen LogP contribution in [0, 0.1) is 0 Å². The molecule has 0 fully saturated rings. The Morgan fingerprint density at radius 1 is 1.30 bits per heavy atom. The molecule has 0 aromatic heterocycles. The zero-order valence-electron chi connectivity index (χ0n) is 11.2. The molecule has 0 aliphatic heterocycles. The van der Waals surface area contributed by atoms with E-state index in [0.29, 0.717) is 13.1 Å². The standard InChI is InChI=1S/C15H17BrN2O2/c1-20-15(19)14(17)9-18-8-10-2-3-12-7-13(16)5-4-11(12)6-10/h2-7,14,18H,8-9,17H2,1H3. The van der Waals surface area contributed by atoms with E-state index < -0.39 is 12.0 Å². The van der Waals surface area contributed by atoms with Crippen molar-refractivity contribution in [3.05, 3.63) is 46.4 Å². The number of carbonyl (C=O) groups excluding carboxylic acids is 1. The Morgan fingerprint density at radius 3 is 2.75 bits per heavy atom. The summed E-state index contributed by atoms with van der Waals surface area (Å²) in [6.07, 6.45) is 0. The lowest BCUT2D eigenvalue weighted by Crippen LogP contribution is -2.40. The highest BCUT2D eigenvalue weighted by Crippen LogP contribution is 2.20. The van der Waals surface area contributed by atoms with Crippen LogP contribution >= 0.6 is 15.9 Å².